The molecule has 1 aliphatic carbocycles. The Morgan fingerprint density at radius 1 is 1.36 bits per heavy atom. The third-order valence-corrected chi connectivity index (χ3v) is 1.94. The maximum absolute atomic E-state index is 9.60. The summed E-state index contributed by atoms with van der Waals surface area (Å²) < 4.78 is 0. The van der Waals surface area contributed by atoms with Crippen LogP contribution < -0.4 is 0 Å². The van der Waals surface area contributed by atoms with Crippen molar-refractivity contribution in [3.63, 3.8) is 0 Å². The van der Waals surface area contributed by atoms with Crippen molar-refractivity contribution in [1.82, 2.24) is 0 Å². The molecule has 0 aliphatic heterocycles. The van der Waals surface area contributed by atoms with Crippen LogP contribution in [0.3, 0.4) is 0 Å². The number of carboxylic acid groups (broad SMARTS) is 1. The summed E-state index contributed by atoms with van der Waals surface area (Å²) in [4.78, 5) is 9.60. The van der Waals surface area contributed by atoms with Crippen molar-refractivity contribution in [2.75, 3.05) is 0 Å². The monoisotopic (exact) mass is 199 g/mol. The first kappa shape index (κ1) is 12.7. The summed E-state index contributed by atoms with van der Waals surface area (Å²) in [6, 6.07) is 0. The molecule has 1 aliphatic rings. The van der Waals surface area contributed by atoms with Gasteiger partial charge in [0.05, 0.1) is 5.71 Å². The fraction of sp³-hybridized carbons (Fsp3) is 0.600. The number of aliphatic carboxylic acids is 1. The van der Waals surface area contributed by atoms with Crippen LogP contribution in [0.5, 0.6) is 0 Å². The third kappa shape index (κ3) is 6.22. The average molecular weight is 199 g/mol. The maximum atomic E-state index is 9.60. The fourth-order valence-electron chi connectivity index (χ4n) is 1.06. The zero-order chi connectivity index (χ0) is 11.0. The van der Waals surface area contributed by atoms with Gasteiger partial charge in [0.25, 0.3) is 0 Å². The predicted octanol–water partition coefficient (Wildman–Crippen LogP) is 2.43. The molecule has 80 valence electrons. The van der Waals surface area contributed by atoms with Gasteiger partial charge in [0.1, 0.15) is 0 Å². The van der Waals surface area contributed by atoms with Gasteiger partial charge in [-0.1, -0.05) is 18.2 Å². The Balaban J connectivity index is 0.000000255. The Bertz CT molecular complexity index is 214. The van der Waals surface area contributed by atoms with E-state index in [1.807, 2.05) is 0 Å². The van der Waals surface area contributed by atoms with Gasteiger partial charge in [-0.3, -0.25) is 0 Å². The molecule has 0 amide bonds. The van der Waals surface area contributed by atoms with Crippen molar-refractivity contribution in [2.24, 2.45) is 5.16 Å². The number of hydrogen-bond acceptors (Lipinski definition) is 3. The van der Waals surface area contributed by atoms with Crippen LogP contribution in [0, 0.1) is 0 Å². The Kier molecular flexibility index (Phi) is 6.45. The van der Waals surface area contributed by atoms with Crippen LogP contribution in [0.2, 0.25) is 0 Å². The first-order valence-corrected chi connectivity index (χ1v) is 4.66. The summed E-state index contributed by atoms with van der Waals surface area (Å²) in [5, 5.41) is 19.3. The van der Waals surface area contributed by atoms with Crippen molar-refractivity contribution in [3.8, 4) is 0 Å². The second kappa shape index (κ2) is 7.12. The highest BCUT2D eigenvalue weighted by molar-refractivity contribution is 5.85. The average Bonchev–Trinajstić information content (AvgIpc) is 2.20. The van der Waals surface area contributed by atoms with Gasteiger partial charge in [-0.2, -0.15) is 0 Å². The molecule has 2 N–H and O–H groups in total. The number of carboxylic acids is 1. The molecule has 1 saturated carbocycles. The van der Waals surface area contributed by atoms with E-state index >= 15 is 0 Å². The molecule has 0 aromatic carbocycles. The van der Waals surface area contributed by atoms with Crippen LogP contribution >= 0.6 is 0 Å². The summed E-state index contributed by atoms with van der Waals surface area (Å²) in [6.45, 7) is 4.60. The molecule has 4 heteroatoms. The van der Waals surface area contributed by atoms with Crippen molar-refractivity contribution >= 4 is 11.7 Å². The highest BCUT2D eigenvalue weighted by Crippen LogP contribution is 2.13. The third-order valence-electron chi connectivity index (χ3n) is 1.94. The zero-order valence-corrected chi connectivity index (χ0v) is 8.49. The second-order valence-corrected chi connectivity index (χ2v) is 3.31. The van der Waals surface area contributed by atoms with Gasteiger partial charge in [0.2, 0.25) is 0 Å². The standard InChI is InChI=1S/C6H11NO.C4H6O2/c8-7-6-4-2-1-3-5-6;1-3(2)4(5)6/h8H,1-5H2;1H2,2H3,(H,5,6). The fourth-order valence-corrected chi connectivity index (χ4v) is 1.06. The molecule has 0 aromatic heterocycles. The topological polar surface area (TPSA) is 69.9 Å². The molecule has 0 heterocycles. The van der Waals surface area contributed by atoms with Crippen LogP contribution in [0.1, 0.15) is 39.0 Å². The Hall–Kier alpha value is -1.32. The summed E-state index contributed by atoms with van der Waals surface area (Å²) in [5.74, 6) is -0.935. The molecule has 0 spiro atoms. The van der Waals surface area contributed by atoms with Crippen LogP contribution in [0.15, 0.2) is 17.3 Å². The lowest BCUT2D eigenvalue weighted by atomic mass is 9.99. The van der Waals surface area contributed by atoms with E-state index in [1.165, 1.54) is 26.2 Å². The zero-order valence-electron chi connectivity index (χ0n) is 8.49. The minimum Gasteiger partial charge on any atom is -0.478 e. The second-order valence-electron chi connectivity index (χ2n) is 3.31. The SMILES string of the molecule is C=C(C)C(=O)O.ON=C1CCCCC1. The van der Waals surface area contributed by atoms with Gasteiger partial charge in [0, 0.05) is 5.57 Å². The smallest absolute Gasteiger partial charge is 0.330 e. The number of oxime groups is 1. The highest BCUT2D eigenvalue weighted by Gasteiger charge is 2.05. The number of nitrogens with zero attached hydrogens (tertiary/aromatic N) is 1. The number of hydrogen-bond donors (Lipinski definition) is 2. The van der Waals surface area contributed by atoms with Crippen LogP contribution in [-0.4, -0.2) is 22.0 Å². The van der Waals surface area contributed by atoms with E-state index in [0.717, 1.165) is 18.6 Å². The van der Waals surface area contributed by atoms with E-state index in [4.69, 9.17) is 10.3 Å². The molecule has 1 rings (SSSR count). The summed E-state index contributed by atoms with van der Waals surface area (Å²) >= 11 is 0. The first-order chi connectivity index (χ1) is 6.57. The van der Waals surface area contributed by atoms with Crippen LogP contribution in [0.4, 0.5) is 0 Å². The van der Waals surface area contributed by atoms with E-state index in [0.29, 0.717) is 0 Å². The molecule has 1 fully saturated rings. The van der Waals surface area contributed by atoms with E-state index in [-0.39, 0.29) is 5.57 Å². The molecule has 0 radical (unpaired) electrons. The molecule has 0 aromatic rings. The molecular formula is C10H17NO3. The number of rotatable bonds is 1. The minimum absolute atomic E-state index is 0.176. The molecule has 4 nitrogen and oxygen atoms in total. The lowest BCUT2D eigenvalue weighted by Crippen LogP contribution is -2.03. The molecule has 0 saturated heterocycles. The van der Waals surface area contributed by atoms with Crippen LogP contribution in [0.25, 0.3) is 0 Å². The summed E-state index contributed by atoms with van der Waals surface area (Å²) in [6.07, 6.45) is 5.74. The van der Waals surface area contributed by atoms with Crippen molar-refractivity contribution < 1.29 is 15.1 Å². The van der Waals surface area contributed by atoms with Gasteiger partial charge in [0.15, 0.2) is 0 Å². The van der Waals surface area contributed by atoms with Gasteiger partial charge in [-0.15, -0.1) is 0 Å². The number of carbonyl (C=O) groups is 1. The predicted molar refractivity (Wildman–Crippen MR) is 54.8 cm³/mol. The summed E-state index contributed by atoms with van der Waals surface area (Å²) in [7, 11) is 0. The van der Waals surface area contributed by atoms with E-state index in [2.05, 4.69) is 11.7 Å². The van der Waals surface area contributed by atoms with Gasteiger partial charge >= 0.3 is 5.97 Å². The Morgan fingerprint density at radius 2 is 1.79 bits per heavy atom. The largest absolute Gasteiger partial charge is 0.478 e. The normalized spacial score (nSPS) is 15.1. The molecule has 0 bridgehead atoms. The molecule has 14 heavy (non-hydrogen) atoms. The lowest BCUT2D eigenvalue weighted by molar-refractivity contribution is -0.132. The lowest BCUT2D eigenvalue weighted by Gasteiger charge is -2.08. The Morgan fingerprint density at radius 3 is 2.00 bits per heavy atom. The molecule has 0 atom stereocenters. The maximum Gasteiger partial charge on any atom is 0.330 e. The van der Waals surface area contributed by atoms with Gasteiger partial charge in [-0.05, 0) is 32.6 Å². The van der Waals surface area contributed by atoms with Gasteiger partial charge < -0.3 is 10.3 Å². The van der Waals surface area contributed by atoms with Crippen molar-refractivity contribution in [2.45, 2.75) is 39.0 Å². The van der Waals surface area contributed by atoms with Gasteiger partial charge in [-0.25, -0.2) is 4.79 Å². The quantitative estimate of drug-likeness (QED) is 0.387. The van der Waals surface area contributed by atoms with Crippen molar-refractivity contribution in [1.29, 1.82) is 0 Å². The summed E-state index contributed by atoms with van der Waals surface area (Å²) in [5.41, 5.74) is 1.16. The van der Waals surface area contributed by atoms with Crippen LogP contribution in [-0.2, 0) is 4.79 Å². The first-order valence-electron chi connectivity index (χ1n) is 4.66. The highest BCUT2D eigenvalue weighted by atomic mass is 16.4. The van der Waals surface area contributed by atoms with E-state index < -0.39 is 5.97 Å². The van der Waals surface area contributed by atoms with E-state index in [9.17, 15) is 4.79 Å². The van der Waals surface area contributed by atoms with E-state index in [1.54, 1.807) is 0 Å². The molecular weight excluding hydrogens is 182 g/mol. The minimum atomic E-state index is -0.935. The Labute approximate surface area is 83.9 Å². The van der Waals surface area contributed by atoms with Crippen molar-refractivity contribution in [3.05, 3.63) is 12.2 Å². The molecule has 0 unspecified atom stereocenters.